The molecule has 0 saturated carbocycles. The molecular weight excluding hydrogens is 458 g/mol. The van der Waals surface area contributed by atoms with Gasteiger partial charge in [-0.15, -0.1) is 0 Å². The minimum Gasteiger partial charge on any atom is -0.357 e. The first-order chi connectivity index (χ1) is 15.7. The van der Waals surface area contributed by atoms with E-state index in [9.17, 15) is 13.2 Å². The van der Waals surface area contributed by atoms with Crippen molar-refractivity contribution in [3.63, 3.8) is 0 Å². The molecule has 2 N–H and O–H groups in total. The minimum absolute atomic E-state index is 0.00277. The van der Waals surface area contributed by atoms with Crippen LogP contribution in [0.5, 0.6) is 0 Å². The van der Waals surface area contributed by atoms with Crippen LogP contribution in [0, 0.1) is 0 Å². The predicted molar refractivity (Wildman–Crippen MR) is 131 cm³/mol. The molecule has 8 heteroatoms. The molecule has 6 nitrogen and oxygen atoms in total. The summed E-state index contributed by atoms with van der Waals surface area (Å²) in [6, 6.07) is 16.1. The number of aromatic amines is 1. The molecule has 2 aliphatic rings. The number of fused-ring (bicyclic) bond motifs is 3. The number of rotatable bonds is 4. The van der Waals surface area contributed by atoms with Gasteiger partial charge in [-0.05, 0) is 43.5 Å². The molecule has 3 unspecified atom stereocenters. The molecule has 3 heterocycles. The number of hydrogen-bond acceptors (Lipinski definition) is 4. The van der Waals surface area contributed by atoms with Crippen LogP contribution >= 0.6 is 11.6 Å². The number of sulfone groups is 1. The van der Waals surface area contributed by atoms with Crippen LogP contribution < -0.4 is 5.32 Å². The number of amides is 1. The molecule has 1 saturated heterocycles. The Balaban J connectivity index is 1.48. The number of para-hydroxylation sites is 1. The molecule has 0 aliphatic carbocycles. The van der Waals surface area contributed by atoms with Crippen LogP contribution in [0.2, 0.25) is 5.02 Å². The first kappa shape index (κ1) is 22.4. The van der Waals surface area contributed by atoms with E-state index in [0.717, 1.165) is 16.8 Å². The summed E-state index contributed by atoms with van der Waals surface area (Å²) in [5.41, 5.74) is 3.73. The lowest BCUT2D eigenvalue weighted by molar-refractivity contribution is -0.124. The van der Waals surface area contributed by atoms with Gasteiger partial charge in [0.15, 0.2) is 9.84 Å². The Kier molecular flexibility index (Phi) is 5.54. The number of hydrogen-bond donors (Lipinski definition) is 2. The zero-order valence-electron chi connectivity index (χ0n) is 18.8. The Bertz CT molecular complexity index is 1340. The molecule has 1 fully saturated rings. The van der Waals surface area contributed by atoms with Gasteiger partial charge >= 0.3 is 0 Å². The van der Waals surface area contributed by atoms with E-state index < -0.39 is 15.4 Å². The maximum atomic E-state index is 13.0. The highest BCUT2D eigenvalue weighted by atomic mass is 35.5. The molecular formula is C25H28ClN3O3S. The van der Waals surface area contributed by atoms with Crippen LogP contribution in [0.15, 0.2) is 48.5 Å². The van der Waals surface area contributed by atoms with E-state index in [2.05, 4.69) is 40.3 Å². The van der Waals surface area contributed by atoms with Crippen molar-refractivity contribution >= 4 is 38.2 Å². The normalized spacial score (nSPS) is 26.9. The first-order valence-corrected chi connectivity index (χ1v) is 13.5. The third-order valence-electron chi connectivity index (χ3n) is 7.08. The second-order valence-corrected chi connectivity index (χ2v) is 12.2. The number of H-pyrrole nitrogens is 1. The van der Waals surface area contributed by atoms with Gasteiger partial charge in [-0.2, -0.15) is 0 Å². The van der Waals surface area contributed by atoms with Gasteiger partial charge in [0.1, 0.15) is 0 Å². The molecule has 2 aromatic carbocycles. The number of aromatic nitrogens is 1. The number of halogens is 1. The fourth-order valence-electron chi connectivity index (χ4n) is 5.44. The molecule has 5 rings (SSSR count). The molecule has 174 valence electrons. The fraction of sp³-hybridized carbons (Fsp3) is 0.400. The fourth-order valence-corrected chi connectivity index (χ4v) is 7.80. The maximum Gasteiger partial charge on any atom is 0.234 e. The maximum absolute atomic E-state index is 13.0. The van der Waals surface area contributed by atoms with Gasteiger partial charge in [0.05, 0.1) is 23.6 Å². The highest BCUT2D eigenvalue weighted by Gasteiger charge is 2.41. The van der Waals surface area contributed by atoms with Crippen LogP contribution in [0.1, 0.15) is 49.0 Å². The predicted octanol–water partition coefficient (Wildman–Crippen LogP) is 4.02. The van der Waals surface area contributed by atoms with Crippen molar-refractivity contribution in [1.82, 2.24) is 15.2 Å². The zero-order valence-corrected chi connectivity index (χ0v) is 20.3. The number of benzene rings is 2. The number of carbonyl (C=O) groups is 1. The molecule has 0 spiro atoms. The summed E-state index contributed by atoms with van der Waals surface area (Å²) in [6.07, 6.45) is 0.449. The Labute approximate surface area is 199 Å². The van der Waals surface area contributed by atoms with Crippen molar-refractivity contribution in [2.75, 3.05) is 24.6 Å². The quantitative estimate of drug-likeness (QED) is 0.584. The number of carbonyl (C=O) groups excluding carboxylic acids is 1. The Morgan fingerprint density at radius 2 is 1.94 bits per heavy atom. The summed E-state index contributed by atoms with van der Waals surface area (Å²) in [5, 5.41) is 4.89. The molecule has 0 bridgehead atoms. The Morgan fingerprint density at radius 1 is 1.21 bits per heavy atom. The lowest BCUT2D eigenvalue weighted by Crippen LogP contribution is -2.51. The average molecular weight is 486 g/mol. The second kappa shape index (κ2) is 8.15. The smallest absolute Gasteiger partial charge is 0.234 e. The van der Waals surface area contributed by atoms with Crippen LogP contribution in [0.4, 0.5) is 0 Å². The van der Waals surface area contributed by atoms with Gasteiger partial charge < -0.3 is 10.3 Å². The van der Waals surface area contributed by atoms with Gasteiger partial charge in [0.25, 0.3) is 0 Å². The standard InChI is InChI=1S/C25H28ClN3O3S/c1-16-24-23(18-8-4-6-10-21(18)27-24)19(17-7-3-5-9-20(17)26)13-29(16)14-22(30)28-25(2)11-12-33(31,32)15-25/h3-10,16,19,27H,11-15H2,1-2H3,(H,28,30). The van der Waals surface area contributed by atoms with E-state index >= 15 is 0 Å². The number of nitrogens with one attached hydrogen (secondary N) is 2. The van der Waals surface area contributed by atoms with E-state index in [1.54, 1.807) is 0 Å². The van der Waals surface area contributed by atoms with Crippen LogP contribution in [0.25, 0.3) is 10.9 Å². The van der Waals surface area contributed by atoms with Gasteiger partial charge in [-0.25, -0.2) is 8.42 Å². The van der Waals surface area contributed by atoms with Crippen LogP contribution in [0.3, 0.4) is 0 Å². The summed E-state index contributed by atoms with van der Waals surface area (Å²) >= 11 is 6.63. The molecule has 1 aromatic heterocycles. The van der Waals surface area contributed by atoms with Gasteiger partial charge in [-0.3, -0.25) is 9.69 Å². The lowest BCUT2D eigenvalue weighted by Gasteiger charge is -2.38. The van der Waals surface area contributed by atoms with Crippen molar-refractivity contribution < 1.29 is 13.2 Å². The van der Waals surface area contributed by atoms with E-state index in [1.165, 1.54) is 10.9 Å². The van der Waals surface area contributed by atoms with E-state index in [1.807, 2.05) is 37.3 Å². The average Bonchev–Trinajstić information content (AvgIpc) is 3.27. The van der Waals surface area contributed by atoms with Gasteiger partial charge in [0, 0.05) is 40.1 Å². The third-order valence-corrected chi connectivity index (χ3v) is 9.33. The molecule has 2 aliphatic heterocycles. The largest absolute Gasteiger partial charge is 0.357 e. The van der Waals surface area contributed by atoms with Gasteiger partial charge in [0.2, 0.25) is 5.91 Å². The van der Waals surface area contributed by atoms with Crippen LogP contribution in [-0.2, 0) is 14.6 Å². The van der Waals surface area contributed by atoms with Crippen molar-refractivity contribution in [2.24, 2.45) is 0 Å². The summed E-state index contributed by atoms with van der Waals surface area (Å²) in [7, 11) is -3.10. The third kappa shape index (κ3) is 4.18. The molecule has 33 heavy (non-hydrogen) atoms. The van der Waals surface area contributed by atoms with Crippen molar-refractivity contribution in [2.45, 2.75) is 37.8 Å². The first-order valence-electron chi connectivity index (χ1n) is 11.3. The summed E-state index contributed by atoms with van der Waals surface area (Å²) in [6.45, 7) is 4.75. The molecule has 0 radical (unpaired) electrons. The topological polar surface area (TPSA) is 82.3 Å². The highest BCUT2D eigenvalue weighted by Crippen LogP contribution is 2.44. The van der Waals surface area contributed by atoms with Crippen molar-refractivity contribution in [1.29, 1.82) is 0 Å². The monoisotopic (exact) mass is 485 g/mol. The summed E-state index contributed by atoms with van der Waals surface area (Å²) in [5.74, 6) is -0.0257. The minimum atomic E-state index is -3.10. The summed E-state index contributed by atoms with van der Waals surface area (Å²) < 4.78 is 23.9. The van der Waals surface area contributed by atoms with Crippen LogP contribution in [-0.4, -0.2) is 54.3 Å². The lowest BCUT2D eigenvalue weighted by atomic mass is 9.83. The summed E-state index contributed by atoms with van der Waals surface area (Å²) in [4.78, 5) is 18.8. The van der Waals surface area contributed by atoms with E-state index in [-0.39, 0.29) is 35.9 Å². The van der Waals surface area contributed by atoms with E-state index in [0.29, 0.717) is 18.0 Å². The Morgan fingerprint density at radius 3 is 2.67 bits per heavy atom. The highest BCUT2D eigenvalue weighted by molar-refractivity contribution is 7.91. The number of nitrogens with zero attached hydrogens (tertiary/aromatic N) is 1. The zero-order chi connectivity index (χ0) is 23.4. The van der Waals surface area contributed by atoms with Crippen molar-refractivity contribution in [3.05, 3.63) is 70.4 Å². The SMILES string of the molecule is CC1c2[nH]c3ccccc3c2C(c2ccccc2Cl)CN1CC(=O)NC1(C)CCS(=O)(=O)C1. The molecule has 1 amide bonds. The molecule has 3 aromatic rings. The van der Waals surface area contributed by atoms with E-state index in [4.69, 9.17) is 11.6 Å². The van der Waals surface area contributed by atoms with Crippen molar-refractivity contribution in [3.8, 4) is 0 Å². The second-order valence-electron chi connectivity index (χ2n) is 9.63. The Hall–Kier alpha value is -2.35. The van der Waals surface area contributed by atoms with Gasteiger partial charge in [-0.1, -0.05) is 48.0 Å². The molecule has 3 atom stereocenters.